The van der Waals surface area contributed by atoms with Crippen LogP contribution < -0.4 is 0 Å². The average molecular weight is 266 g/mol. The quantitative estimate of drug-likeness (QED) is 0.581. The molecule has 0 unspecified atom stereocenters. The maximum absolute atomic E-state index is 10.9. The Morgan fingerprint density at radius 2 is 2.00 bits per heavy atom. The van der Waals surface area contributed by atoms with Crippen molar-refractivity contribution >= 4 is 32.4 Å². The van der Waals surface area contributed by atoms with Crippen LogP contribution in [0.15, 0.2) is 34.8 Å². The summed E-state index contributed by atoms with van der Waals surface area (Å²) in [6, 6.07) is 8.92. The summed E-state index contributed by atoms with van der Waals surface area (Å²) in [5, 5.41) is 12.4. The van der Waals surface area contributed by atoms with Crippen LogP contribution in [0.2, 0.25) is 0 Å². The number of nitrogens with zero attached hydrogens (tertiary/aromatic N) is 1. The number of nitro benzene ring substituents is 1. The summed E-state index contributed by atoms with van der Waals surface area (Å²) >= 11 is 3.40. The van der Waals surface area contributed by atoms with Gasteiger partial charge in [0.15, 0.2) is 0 Å². The van der Waals surface area contributed by atoms with E-state index in [0.29, 0.717) is 5.39 Å². The first kappa shape index (κ1) is 10.1. The van der Waals surface area contributed by atoms with Crippen molar-refractivity contribution < 1.29 is 4.92 Å². The summed E-state index contributed by atoms with van der Waals surface area (Å²) < 4.78 is 0.798. The minimum absolute atomic E-state index is 0.142. The number of rotatable bonds is 1. The number of halogens is 1. The smallest absolute Gasteiger partial charge is 0.258 e. The van der Waals surface area contributed by atoms with E-state index in [1.165, 1.54) is 6.07 Å². The summed E-state index contributed by atoms with van der Waals surface area (Å²) in [6.45, 7) is 1.92. The molecule has 0 aliphatic carbocycles. The zero-order chi connectivity index (χ0) is 11.0. The molecule has 2 rings (SSSR count). The third-order valence-electron chi connectivity index (χ3n) is 2.35. The van der Waals surface area contributed by atoms with E-state index < -0.39 is 0 Å². The predicted octanol–water partition coefficient (Wildman–Crippen LogP) is 3.82. The fourth-order valence-electron chi connectivity index (χ4n) is 1.57. The Morgan fingerprint density at radius 3 is 2.67 bits per heavy atom. The van der Waals surface area contributed by atoms with Crippen LogP contribution in [-0.2, 0) is 0 Å². The summed E-state index contributed by atoms with van der Waals surface area (Å²) in [5.41, 5.74) is 1.14. The first-order valence-electron chi connectivity index (χ1n) is 4.43. The second-order valence-corrected chi connectivity index (χ2v) is 4.12. The lowest BCUT2D eigenvalue weighted by atomic mass is 10.1. The molecule has 0 aliphatic heterocycles. The third-order valence-corrected chi connectivity index (χ3v) is 3.37. The standard InChI is InChI=1S/C11H8BrNO2/c1-7-5-6-8-3-2-4-9(13(14)15)10(8)11(7)12/h2-6H,1H3. The monoisotopic (exact) mass is 265 g/mol. The second-order valence-electron chi connectivity index (χ2n) is 3.33. The summed E-state index contributed by atoms with van der Waals surface area (Å²) in [4.78, 5) is 10.5. The lowest BCUT2D eigenvalue weighted by Gasteiger charge is -2.04. The molecule has 0 saturated heterocycles. The molecule has 0 fully saturated rings. The Hall–Kier alpha value is -1.42. The number of aryl methyl sites for hydroxylation is 1. The Balaban J connectivity index is 2.94. The second kappa shape index (κ2) is 3.62. The van der Waals surface area contributed by atoms with E-state index in [1.807, 2.05) is 25.1 Å². The highest BCUT2D eigenvalue weighted by molar-refractivity contribution is 9.10. The molecule has 0 aliphatic rings. The van der Waals surface area contributed by atoms with Gasteiger partial charge in [-0.25, -0.2) is 0 Å². The van der Waals surface area contributed by atoms with Crippen molar-refractivity contribution in [3.63, 3.8) is 0 Å². The van der Waals surface area contributed by atoms with E-state index in [-0.39, 0.29) is 10.6 Å². The van der Waals surface area contributed by atoms with Gasteiger partial charge in [-0.2, -0.15) is 0 Å². The molecule has 0 heterocycles. The number of benzene rings is 2. The molecule has 0 atom stereocenters. The Bertz CT molecular complexity index is 552. The van der Waals surface area contributed by atoms with Gasteiger partial charge >= 0.3 is 0 Å². The molecule has 2 aromatic rings. The molecule has 0 aromatic heterocycles. The molecule has 0 bridgehead atoms. The van der Waals surface area contributed by atoms with Crippen LogP contribution in [-0.4, -0.2) is 4.92 Å². The molecular weight excluding hydrogens is 258 g/mol. The van der Waals surface area contributed by atoms with Crippen LogP contribution in [0.1, 0.15) is 5.56 Å². The van der Waals surface area contributed by atoms with Gasteiger partial charge in [-0.3, -0.25) is 10.1 Å². The van der Waals surface area contributed by atoms with Gasteiger partial charge in [0.25, 0.3) is 5.69 Å². The molecule has 76 valence electrons. The van der Waals surface area contributed by atoms with E-state index in [1.54, 1.807) is 6.07 Å². The molecule has 0 radical (unpaired) electrons. The van der Waals surface area contributed by atoms with Gasteiger partial charge in [-0.15, -0.1) is 0 Å². The van der Waals surface area contributed by atoms with Crippen molar-refractivity contribution in [3.8, 4) is 0 Å². The van der Waals surface area contributed by atoms with Crippen LogP contribution in [0.25, 0.3) is 10.8 Å². The molecule has 2 aromatic carbocycles. The predicted molar refractivity (Wildman–Crippen MR) is 63.0 cm³/mol. The van der Waals surface area contributed by atoms with E-state index in [0.717, 1.165) is 15.4 Å². The summed E-state index contributed by atoms with van der Waals surface area (Å²) in [5.74, 6) is 0. The van der Waals surface area contributed by atoms with Gasteiger partial charge in [0.2, 0.25) is 0 Å². The van der Waals surface area contributed by atoms with Crippen LogP contribution >= 0.6 is 15.9 Å². The topological polar surface area (TPSA) is 43.1 Å². The van der Waals surface area contributed by atoms with Gasteiger partial charge < -0.3 is 0 Å². The van der Waals surface area contributed by atoms with E-state index in [9.17, 15) is 10.1 Å². The highest BCUT2D eigenvalue weighted by atomic mass is 79.9. The maximum Gasteiger partial charge on any atom is 0.278 e. The molecule has 0 amide bonds. The van der Waals surface area contributed by atoms with E-state index in [4.69, 9.17) is 0 Å². The lowest BCUT2D eigenvalue weighted by Crippen LogP contribution is -1.90. The van der Waals surface area contributed by atoms with Crippen LogP contribution in [0, 0.1) is 17.0 Å². The average Bonchev–Trinajstić information content (AvgIpc) is 2.23. The van der Waals surface area contributed by atoms with Gasteiger partial charge in [-0.05, 0) is 33.8 Å². The number of hydrogen-bond acceptors (Lipinski definition) is 2. The Labute approximate surface area is 95.0 Å². The molecule has 0 spiro atoms. The lowest BCUT2D eigenvalue weighted by molar-refractivity contribution is -0.383. The largest absolute Gasteiger partial charge is 0.278 e. The number of nitro groups is 1. The Morgan fingerprint density at radius 1 is 1.27 bits per heavy atom. The minimum atomic E-state index is -0.355. The van der Waals surface area contributed by atoms with Crippen molar-refractivity contribution in [1.29, 1.82) is 0 Å². The minimum Gasteiger partial charge on any atom is -0.258 e. The van der Waals surface area contributed by atoms with Crippen molar-refractivity contribution in [2.45, 2.75) is 6.92 Å². The maximum atomic E-state index is 10.9. The van der Waals surface area contributed by atoms with Gasteiger partial charge in [0.1, 0.15) is 0 Å². The molecule has 0 saturated carbocycles. The number of fused-ring (bicyclic) bond motifs is 1. The SMILES string of the molecule is Cc1ccc2cccc([N+](=O)[O-])c2c1Br. The van der Waals surface area contributed by atoms with Crippen molar-refractivity contribution in [3.05, 3.63) is 50.5 Å². The van der Waals surface area contributed by atoms with Crippen LogP contribution in [0.5, 0.6) is 0 Å². The normalized spacial score (nSPS) is 10.5. The highest BCUT2D eigenvalue weighted by Gasteiger charge is 2.14. The van der Waals surface area contributed by atoms with E-state index >= 15 is 0 Å². The fraction of sp³-hybridized carbons (Fsp3) is 0.0909. The number of hydrogen-bond donors (Lipinski definition) is 0. The third kappa shape index (κ3) is 1.61. The van der Waals surface area contributed by atoms with Gasteiger partial charge in [-0.1, -0.05) is 24.3 Å². The molecule has 4 heteroatoms. The molecule has 15 heavy (non-hydrogen) atoms. The van der Waals surface area contributed by atoms with Gasteiger partial charge in [0, 0.05) is 10.5 Å². The van der Waals surface area contributed by atoms with Crippen LogP contribution in [0.4, 0.5) is 5.69 Å². The molecular formula is C11H8BrNO2. The van der Waals surface area contributed by atoms with E-state index in [2.05, 4.69) is 15.9 Å². The summed E-state index contributed by atoms with van der Waals surface area (Å²) in [7, 11) is 0. The number of non-ortho nitro benzene ring substituents is 1. The molecule has 3 nitrogen and oxygen atoms in total. The van der Waals surface area contributed by atoms with Crippen molar-refractivity contribution in [1.82, 2.24) is 0 Å². The van der Waals surface area contributed by atoms with Crippen molar-refractivity contribution in [2.75, 3.05) is 0 Å². The first-order valence-corrected chi connectivity index (χ1v) is 5.23. The highest BCUT2D eigenvalue weighted by Crippen LogP contribution is 2.34. The van der Waals surface area contributed by atoms with Crippen LogP contribution in [0.3, 0.4) is 0 Å². The zero-order valence-corrected chi connectivity index (χ0v) is 9.61. The zero-order valence-electron chi connectivity index (χ0n) is 8.03. The van der Waals surface area contributed by atoms with Gasteiger partial charge in [0.05, 0.1) is 10.3 Å². The summed E-state index contributed by atoms with van der Waals surface area (Å²) in [6.07, 6.45) is 0. The Kier molecular flexibility index (Phi) is 2.44. The van der Waals surface area contributed by atoms with Crippen molar-refractivity contribution in [2.24, 2.45) is 0 Å². The fourth-order valence-corrected chi connectivity index (χ4v) is 2.14. The first-order chi connectivity index (χ1) is 7.11. The molecule has 0 N–H and O–H groups in total.